The van der Waals surface area contributed by atoms with Gasteiger partial charge in [0.2, 0.25) is 5.76 Å². The molecule has 0 radical (unpaired) electrons. The van der Waals surface area contributed by atoms with Gasteiger partial charge in [0.25, 0.3) is 5.91 Å². The van der Waals surface area contributed by atoms with Gasteiger partial charge in [-0.05, 0) is 28.7 Å². The summed E-state index contributed by atoms with van der Waals surface area (Å²) in [5.74, 6) is 0.231. The topological polar surface area (TPSA) is 72.6 Å². The smallest absolute Gasteiger partial charge is 0.297 e. The molecule has 1 aliphatic rings. The van der Waals surface area contributed by atoms with Crippen LogP contribution in [-0.2, 0) is 5.41 Å². The van der Waals surface area contributed by atoms with E-state index in [1.54, 1.807) is 36.4 Å². The summed E-state index contributed by atoms with van der Waals surface area (Å²) in [6, 6.07) is 12.5. The standard InChI is InChI=1S/C25H22N2O4S/c1-25(2,3)15-7-5-14(6-8-15)20-19-21(28)17-10-9-16(30-4)13-18(17)31-22(19)23(29)27(20)24-26-11-12-32-24/h5-13,20H,1-4H3/t20-/m0/s1. The van der Waals surface area contributed by atoms with Gasteiger partial charge < -0.3 is 9.15 Å². The highest BCUT2D eigenvalue weighted by Gasteiger charge is 2.44. The van der Waals surface area contributed by atoms with Crippen molar-refractivity contribution in [1.29, 1.82) is 0 Å². The van der Waals surface area contributed by atoms with E-state index in [4.69, 9.17) is 9.15 Å². The lowest BCUT2D eigenvalue weighted by Crippen LogP contribution is -2.29. The van der Waals surface area contributed by atoms with Crippen molar-refractivity contribution in [3.8, 4) is 5.75 Å². The first-order valence-electron chi connectivity index (χ1n) is 10.3. The molecule has 0 fully saturated rings. The predicted octanol–water partition coefficient (Wildman–Crippen LogP) is 5.31. The van der Waals surface area contributed by atoms with Gasteiger partial charge in [-0.2, -0.15) is 0 Å². The Morgan fingerprint density at radius 1 is 1.09 bits per heavy atom. The molecule has 1 aliphatic heterocycles. The van der Waals surface area contributed by atoms with Crippen molar-refractivity contribution in [2.45, 2.75) is 32.2 Å². The second-order valence-electron chi connectivity index (χ2n) is 8.80. The molecule has 162 valence electrons. The molecular weight excluding hydrogens is 424 g/mol. The largest absolute Gasteiger partial charge is 0.497 e. The van der Waals surface area contributed by atoms with E-state index in [0.29, 0.717) is 27.4 Å². The number of benzene rings is 2. The Labute approximate surface area is 189 Å². The number of carbonyl (C=O) groups is 1. The fourth-order valence-electron chi connectivity index (χ4n) is 4.09. The van der Waals surface area contributed by atoms with Crippen molar-refractivity contribution in [3.63, 3.8) is 0 Å². The molecule has 32 heavy (non-hydrogen) atoms. The van der Waals surface area contributed by atoms with E-state index in [0.717, 1.165) is 5.56 Å². The van der Waals surface area contributed by atoms with Crippen molar-refractivity contribution in [3.05, 3.63) is 86.7 Å². The van der Waals surface area contributed by atoms with Crippen LogP contribution in [0.15, 0.2) is 63.3 Å². The average Bonchev–Trinajstić information content (AvgIpc) is 3.40. The Balaban J connectivity index is 1.75. The number of hydrogen-bond donors (Lipinski definition) is 0. The molecule has 0 saturated carbocycles. The number of nitrogens with zero attached hydrogens (tertiary/aromatic N) is 2. The average molecular weight is 447 g/mol. The van der Waals surface area contributed by atoms with Crippen LogP contribution >= 0.6 is 11.3 Å². The minimum absolute atomic E-state index is 0.00872. The van der Waals surface area contributed by atoms with E-state index in [2.05, 4.69) is 25.8 Å². The Morgan fingerprint density at radius 2 is 1.84 bits per heavy atom. The van der Waals surface area contributed by atoms with E-state index in [1.807, 2.05) is 29.6 Å². The predicted molar refractivity (Wildman–Crippen MR) is 125 cm³/mol. The Bertz CT molecular complexity index is 1380. The van der Waals surface area contributed by atoms with Crippen LogP contribution in [0.2, 0.25) is 0 Å². The highest BCUT2D eigenvalue weighted by Crippen LogP contribution is 2.42. The van der Waals surface area contributed by atoms with Crippen LogP contribution in [0.3, 0.4) is 0 Å². The zero-order chi connectivity index (χ0) is 22.6. The third-order valence-electron chi connectivity index (χ3n) is 5.80. The number of carbonyl (C=O) groups excluding carboxylic acids is 1. The number of amides is 1. The van der Waals surface area contributed by atoms with Gasteiger partial charge in [-0.1, -0.05) is 45.0 Å². The van der Waals surface area contributed by atoms with Gasteiger partial charge in [0.05, 0.1) is 24.1 Å². The summed E-state index contributed by atoms with van der Waals surface area (Å²) in [4.78, 5) is 33.0. The number of aromatic nitrogens is 1. The van der Waals surface area contributed by atoms with Crippen molar-refractivity contribution in [1.82, 2.24) is 4.98 Å². The monoisotopic (exact) mass is 446 g/mol. The lowest BCUT2D eigenvalue weighted by molar-refractivity contribution is 0.0971. The molecule has 2 aromatic heterocycles. The highest BCUT2D eigenvalue weighted by molar-refractivity contribution is 7.13. The van der Waals surface area contributed by atoms with Crippen molar-refractivity contribution in [2.75, 3.05) is 12.0 Å². The Kier molecular flexibility index (Phi) is 4.67. The second-order valence-corrected chi connectivity index (χ2v) is 9.67. The lowest BCUT2D eigenvalue weighted by atomic mass is 9.86. The summed E-state index contributed by atoms with van der Waals surface area (Å²) >= 11 is 1.35. The number of hydrogen-bond acceptors (Lipinski definition) is 6. The SMILES string of the molecule is COc1ccc2c(=O)c3c(oc2c1)C(=O)N(c1nccs1)[C@H]3c1ccc(C(C)(C)C)cc1. The molecule has 0 N–H and O–H groups in total. The summed E-state index contributed by atoms with van der Waals surface area (Å²) in [6.45, 7) is 6.44. The molecule has 4 aromatic rings. The molecule has 0 aliphatic carbocycles. The number of fused-ring (bicyclic) bond motifs is 2. The normalized spacial score (nSPS) is 15.9. The molecular formula is C25H22N2O4S. The third-order valence-corrected chi connectivity index (χ3v) is 6.57. The lowest BCUT2D eigenvalue weighted by Gasteiger charge is -2.24. The van der Waals surface area contributed by atoms with Crippen molar-refractivity contribution < 1.29 is 13.9 Å². The molecule has 1 amide bonds. The fourth-order valence-corrected chi connectivity index (χ4v) is 4.76. The van der Waals surface area contributed by atoms with Crippen molar-refractivity contribution >= 4 is 33.3 Å². The molecule has 3 heterocycles. The molecule has 1 atom stereocenters. The quantitative estimate of drug-likeness (QED) is 0.427. The summed E-state index contributed by atoms with van der Waals surface area (Å²) in [7, 11) is 1.54. The molecule has 6 nitrogen and oxygen atoms in total. The van der Waals surface area contributed by atoms with Gasteiger partial charge in [-0.15, -0.1) is 11.3 Å². The molecule has 2 aromatic carbocycles. The molecule has 0 unspecified atom stereocenters. The van der Waals surface area contributed by atoms with Gasteiger partial charge in [0.1, 0.15) is 11.3 Å². The molecule has 0 bridgehead atoms. The number of ether oxygens (including phenoxy) is 1. The minimum atomic E-state index is -0.611. The van der Waals surface area contributed by atoms with Crippen LogP contribution in [0.1, 0.15) is 54.1 Å². The van der Waals surface area contributed by atoms with E-state index in [9.17, 15) is 9.59 Å². The van der Waals surface area contributed by atoms with E-state index < -0.39 is 6.04 Å². The van der Waals surface area contributed by atoms with Crippen LogP contribution in [0.5, 0.6) is 5.75 Å². The molecule has 0 spiro atoms. The zero-order valence-electron chi connectivity index (χ0n) is 18.2. The van der Waals surface area contributed by atoms with Crippen LogP contribution in [0.25, 0.3) is 11.0 Å². The van der Waals surface area contributed by atoms with Crippen molar-refractivity contribution in [2.24, 2.45) is 0 Å². The maximum Gasteiger partial charge on any atom is 0.297 e. The van der Waals surface area contributed by atoms with Crippen LogP contribution < -0.4 is 15.1 Å². The van der Waals surface area contributed by atoms with E-state index >= 15 is 0 Å². The number of thiazole rings is 1. The first kappa shape index (κ1) is 20.5. The van der Waals surface area contributed by atoms with Gasteiger partial charge in [0, 0.05) is 17.6 Å². The second kappa shape index (κ2) is 7.31. The number of rotatable bonds is 3. The molecule has 7 heteroatoms. The van der Waals surface area contributed by atoms with E-state index in [1.165, 1.54) is 16.9 Å². The molecule has 0 saturated heterocycles. The maximum atomic E-state index is 13.6. The van der Waals surface area contributed by atoms with E-state index in [-0.39, 0.29) is 22.5 Å². The van der Waals surface area contributed by atoms with Crippen LogP contribution in [0, 0.1) is 0 Å². The third kappa shape index (κ3) is 3.12. The summed E-state index contributed by atoms with van der Waals surface area (Å²) in [6.07, 6.45) is 1.65. The molecule has 5 rings (SSSR count). The van der Waals surface area contributed by atoms with Crippen LogP contribution in [0.4, 0.5) is 5.13 Å². The fraction of sp³-hybridized carbons (Fsp3) is 0.240. The van der Waals surface area contributed by atoms with Gasteiger partial charge in [-0.25, -0.2) is 4.98 Å². The Morgan fingerprint density at radius 3 is 2.47 bits per heavy atom. The summed E-state index contributed by atoms with van der Waals surface area (Å²) in [5.41, 5.74) is 2.44. The van der Waals surface area contributed by atoms with Crippen LogP contribution in [-0.4, -0.2) is 18.0 Å². The first-order chi connectivity index (χ1) is 15.3. The first-order valence-corrected chi connectivity index (χ1v) is 11.2. The zero-order valence-corrected chi connectivity index (χ0v) is 19.0. The highest BCUT2D eigenvalue weighted by atomic mass is 32.1. The van der Waals surface area contributed by atoms with Gasteiger partial charge >= 0.3 is 0 Å². The van der Waals surface area contributed by atoms with Gasteiger partial charge in [-0.3, -0.25) is 14.5 Å². The summed E-state index contributed by atoms with van der Waals surface area (Å²) in [5, 5.41) is 2.74. The van der Waals surface area contributed by atoms with Gasteiger partial charge in [0.15, 0.2) is 10.6 Å². The minimum Gasteiger partial charge on any atom is -0.497 e. The number of methoxy groups -OCH3 is 1. The maximum absolute atomic E-state index is 13.6. The summed E-state index contributed by atoms with van der Waals surface area (Å²) < 4.78 is 11.3. The Hall–Kier alpha value is -3.45. The number of anilines is 1.